The van der Waals surface area contributed by atoms with Crippen LogP contribution in [0.25, 0.3) is 0 Å². The smallest absolute Gasteiger partial charge is 0.378 e. The van der Waals surface area contributed by atoms with E-state index in [0.29, 0.717) is 12.1 Å². The summed E-state index contributed by atoms with van der Waals surface area (Å²) in [4.78, 5) is 20.3. The molecule has 0 amide bonds. The minimum atomic E-state index is -4.42. The summed E-state index contributed by atoms with van der Waals surface area (Å²) in [5.41, 5.74) is 7.33. The van der Waals surface area contributed by atoms with Crippen LogP contribution < -0.4 is 16.4 Å². The van der Waals surface area contributed by atoms with Crippen molar-refractivity contribution in [1.29, 1.82) is 0 Å². The number of rotatable bonds is 7. The number of nitrogens with two attached hydrogens (primary N) is 2. The zero-order chi connectivity index (χ0) is 22.6. The number of anilines is 2. The molecule has 1 aromatic heterocycles. The van der Waals surface area contributed by atoms with E-state index in [1.54, 1.807) is 23.1 Å². The van der Waals surface area contributed by atoms with E-state index in [9.17, 15) is 23.3 Å². The third-order valence-electron chi connectivity index (χ3n) is 5.19. The van der Waals surface area contributed by atoms with Crippen LogP contribution in [0.15, 0.2) is 35.4 Å². The number of nitrogen functional groups attached to an aromatic ring is 1. The first-order chi connectivity index (χ1) is 14.6. The highest BCUT2D eigenvalue weighted by atomic mass is 32.2. The lowest BCUT2D eigenvalue weighted by Crippen LogP contribution is -2.35. The first-order valence-corrected chi connectivity index (χ1v) is 10.5. The molecule has 4 N–H and O–H groups in total. The molecule has 3 rings (SSSR count). The fourth-order valence-corrected chi connectivity index (χ4v) is 4.30. The first kappa shape index (κ1) is 23.1. The van der Waals surface area contributed by atoms with Gasteiger partial charge in [0.25, 0.3) is 0 Å². The van der Waals surface area contributed by atoms with E-state index in [0.717, 1.165) is 31.9 Å². The molecule has 31 heavy (non-hydrogen) atoms. The Hall–Kier alpha value is -2.60. The van der Waals surface area contributed by atoms with Crippen molar-refractivity contribution in [2.24, 2.45) is 11.7 Å². The maximum atomic E-state index is 13.0. The van der Waals surface area contributed by atoms with Gasteiger partial charge in [0, 0.05) is 24.0 Å². The van der Waals surface area contributed by atoms with Crippen molar-refractivity contribution in [2.75, 3.05) is 17.2 Å². The summed E-state index contributed by atoms with van der Waals surface area (Å²) in [5.74, 6) is 0.107. The SMILES string of the molecule is Nc1nc(N(Cc2ccccc2SC(F)(F)F)C[C@H]2CC[C@H](N)CC2)ncc1[N+](=O)[O-]. The standard InChI is InChI=1S/C19H23F3N6O2S/c20-19(21,22)31-16-4-2-1-3-13(16)11-27(10-12-5-7-14(23)8-6-12)18-25-9-15(28(29)30)17(24)26-18/h1-4,9,12,14H,5-8,10-11,23H2,(H2,24,25,26)/t12-,14-. The molecule has 0 aliphatic heterocycles. The van der Waals surface area contributed by atoms with E-state index in [4.69, 9.17) is 11.5 Å². The van der Waals surface area contributed by atoms with Gasteiger partial charge in [-0.15, -0.1) is 0 Å². The summed E-state index contributed by atoms with van der Waals surface area (Å²) in [6.07, 6.45) is 4.50. The van der Waals surface area contributed by atoms with Crippen molar-refractivity contribution >= 4 is 29.2 Å². The third-order valence-corrected chi connectivity index (χ3v) is 6.04. The molecule has 1 saturated carbocycles. The van der Waals surface area contributed by atoms with Crippen LogP contribution in [0.1, 0.15) is 31.2 Å². The molecular weight excluding hydrogens is 433 g/mol. The minimum absolute atomic E-state index is 0.0838. The highest BCUT2D eigenvalue weighted by molar-refractivity contribution is 8.00. The van der Waals surface area contributed by atoms with E-state index >= 15 is 0 Å². The Morgan fingerprint density at radius 3 is 2.52 bits per heavy atom. The molecule has 0 spiro atoms. The number of hydrogen-bond donors (Lipinski definition) is 2. The fourth-order valence-electron chi connectivity index (χ4n) is 3.64. The molecule has 0 bridgehead atoms. The van der Waals surface area contributed by atoms with E-state index < -0.39 is 16.1 Å². The fraction of sp³-hybridized carbons (Fsp3) is 0.474. The van der Waals surface area contributed by atoms with Crippen LogP contribution in [-0.4, -0.2) is 33.0 Å². The predicted octanol–water partition coefficient (Wildman–Crippen LogP) is 4.10. The van der Waals surface area contributed by atoms with E-state index in [1.165, 1.54) is 6.07 Å². The average Bonchev–Trinajstić information content (AvgIpc) is 2.69. The van der Waals surface area contributed by atoms with Gasteiger partial charge in [-0.25, -0.2) is 4.98 Å². The number of alkyl halides is 3. The van der Waals surface area contributed by atoms with Crippen molar-refractivity contribution in [3.8, 4) is 0 Å². The van der Waals surface area contributed by atoms with Crippen LogP contribution in [0.5, 0.6) is 0 Å². The number of benzene rings is 1. The Bertz CT molecular complexity index is 922. The lowest BCUT2D eigenvalue weighted by atomic mass is 9.86. The lowest BCUT2D eigenvalue weighted by molar-refractivity contribution is -0.384. The Kier molecular flexibility index (Phi) is 7.21. The van der Waals surface area contributed by atoms with Gasteiger partial charge in [-0.2, -0.15) is 18.2 Å². The number of nitrogens with zero attached hydrogens (tertiary/aromatic N) is 4. The zero-order valence-corrected chi connectivity index (χ0v) is 17.4. The summed E-state index contributed by atoms with van der Waals surface area (Å²) in [6.45, 7) is 0.591. The predicted molar refractivity (Wildman–Crippen MR) is 112 cm³/mol. The van der Waals surface area contributed by atoms with Crippen LogP contribution in [0.4, 0.5) is 30.6 Å². The molecule has 1 aliphatic rings. The van der Waals surface area contributed by atoms with Gasteiger partial charge in [0.05, 0.1) is 4.92 Å². The molecule has 1 heterocycles. The molecule has 0 unspecified atom stereocenters. The summed E-state index contributed by atoms with van der Waals surface area (Å²) < 4.78 is 39.0. The topological polar surface area (TPSA) is 124 Å². The number of aromatic nitrogens is 2. The van der Waals surface area contributed by atoms with Gasteiger partial charge in [0.15, 0.2) is 0 Å². The molecule has 1 fully saturated rings. The summed E-state index contributed by atoms with van der Waals surface area (Å²) in [5, 5.41) is 11.0. The van der Waals surface area contributed by atoms with E-state index in [-0.39, 0.29) is 46.9 Å². The molecule has 168 valence electrons. The second-order valence-electron chi connectivity index (χ2n) is 7.51. The summed E-state index contributed by atoms with van der Waals surface area (Å²) in [7, 11) is 0. The minimum Gasteiger partial charge on any atom is -0.378 e. The maximum Gasteiger partial charge on any atom is 0.446 e. The van der Waals surface area contributed by atoms with Gasteiger partial charge in [-0.3, -0.25) is 10.1 Å². The normalized spacial score (nSPS) is 19.2. The van der Waals surface area contributed by atoms with Crippen molar-refractivity contribution in [2.45, 2.75) is 48.7 Å². The summed E-state index contributed by atoms with van der Waals surface area (Å²) >= 11 is -0.178. The zero-order valence-electron chi connectivity index (χ0n) is 16.6. The molecule has 2 aromatic rings. The van der Waals surface area contributed by atoms with Gasteiger partial charge < -0.3 is 16.4 Å². The highest BCUT2D eigenvalue weighted by Gasteiger charge is 2.31. The number of nitro groups is 1. The van der Waals surface area contributed by atoms with E-state index in [2.05, 4.69) is 9.97 Å². The Labute approximate surface area is 181 Å². The Morgan fingerprint density at radius 2 is 1.90 bits per heavy atom. The molecular formula is C19H23F3N6O2S. The van der Waals surface area contributed by atoms with Gasteiger partial charge in [-0.1, -0.05) is 18.2 Å². The lowest BCUT2D eigenvalue weighted by Gasteiger charge is -2.32. The number of halogens is 3. The molecule has 0 saturated heterocycles. The van der Waals surface area contributed by atoms with Crippen molar-refractivity contribution in [3.05, 3.63) is 46.1 Å². The van der Waals surface area contributed by atoms with Gasteiger partial charge in [0.1, 0.15) is 6.20 Å². The molecule has 1 aromatic carbocycles. The van der Waals surface area contributed by atoms with Crippen molar-refractivity contribution in [1.82, 2.24) is 9.97 Å². The monoisotopic (exact) mass is 456 g/mol. The molecule has 0 radical (unpaired) electrons. The molecule has 1 aliphatic carbocycles. The molecule has 8 nitrogen and oxygen atoms in total. The number of thioether (sulfide) groups is 1. The van der Waals surface area contributed by atoms with Crippen LogP contribution in [-0.2, 0) is 6.54 Å². The van der Waals surface area contributed by atoms with Crippen LogP contribution in [0, 0.1) is 16.0 Å². The van der Waals surface area contributed by atoms with Crippen LogP contribution in [0.2, 0.25) is 0 Å². The third kappa shape index (κ3) is 6.44. The van der Waals surface area contributed by atoms with Crippen LogP contribution in [0.3, 0.4) is 0 Å². The quantitative estimate of drug-likeness (QED) is 0.362. The summed E-state index contributed by atoms with van der Waals surface area (Å²) in [6, 6.07) is 6.40. The maximum absolute atomic E-state index is 13.0. The van der Waals surface area contributed by atoms with Gasteiger partial charge >= 0.3 is 11.2 Å². The first-order valence-electron chi connectivity index (χ1n) is 9.73. The highest BCUT2D eigenvalue weighted by Crippen LogP contribution is 2.39. The van der Waals surface area contributed by atoms with Crippen molar-refractivity contribution < 1.29 is 18.1 Å². The average molecular weight is 456 g/mol. The molecule has 12 heteroatoms. The van der Waals surface area contributed by atoms with Crippen LogP contribution >= 0.6 is 11.8 Å². The largest absolute Gasteiger partial charge is 0.446 e. The number of hydrogen-bond acceptors (Lipinski definition) is 8. The van der Waals surface area contributed by atoms with Gasteiger partial charge in [0.2, 0.25) is 11.8 Å². The van der Waals surface area contributed by atoms with Crippen molar-refractivity contribution in [3.63, 3.8) is 0 Å². The Balaban J connectivity index is 1.90. The second-order valence-corrected chi connectivity index (χ2v) is 8.62. The second kappa shape index (κ2) is 9.69. The molecule has 0 atom stereocenters. The Morgan fingerprint density at radius 1 is 1.23 bits per heavy atom. The van der Waals surface area contributed by atoms with E-state index in [1.807, 2.05) is 0 Å². The van der Waals surface area contributed by atoms with Gasteiger partial charge in [-0.05, 0) is 55.0 Å².